The molecule has 2 aromatic rings. The van der Waals surface area contributed by atoms with Crippen LogP contribution < -0.4 is 0 Å². The zero-order valence-corrected chi connectivity index (χ0v) is 18.7. The summed E-state index contributed by atoms with van der Waals surface area (Å²) >= 11 is 6.35. The summed E-state index contributed by atoms with van der Waals surface area (Å²) in [6.45, 7) is 5.84. The SMILES string of the molecule is CC.COC(=O)C1CCc2c(C)nn(C(=O)c3c(Cl)cccc3C3(F)CCC3)c2C1. The lowest BCUT2D eigenvalue weighted by atomic mass is 9.75. The summed E-state index contributed by atoms with van der Waals surface area (Å²) in [4.78, 5) is 25.5. The fraction of sp³-hybridized carbons (Fsp3) is 0.522. The van der Waals surface area contributed by atoms with Gasteiger partial charge < -0.3 is 4.74 Å². The molecule has 1 atom stereocenters. The third kappa shape index (κ3) is 3.78. The van der Waals surface area contributed by atoms with Crippen molar-refractivity contribution < 1.29 is 18.7 Å². The van der Waals surface area contributed by atoms with E-state index in [9.17, 15) is 9.59 Å². The Morgan fingerprint density at radius 3 is 2.60 bits per heavy atom. The van der Waals surface area contributed by atoms with Gasteiger partial charge in [-0.2, -0.15) is 5.10 Å². The highest BCUT2D eigenvalue weighted by atomic mass is 35.5. The molecule has 1 fully saturated rings. The van der Waals surface area contributed by atoms with Gasteiger partial charge in [-0.05, 0) is 50.7 Å². The number of halogens is 2. The first kappa shape index (κ1) is 22.5. The van der Waals surface area contributed by atoms with Crippen molar-refractivity contribution in [1.82, 2.24) is 9.78 Å². The van der Waals surface area contributed by atoms with Crippen molar-refractivity contribution in [2.75, 3.05) is 7.11 Å². The fourth-order valence-electron chi connectivity index (χ4n) is 4.31. The van der Waals surface area contributed by atoms with Gasteiger partial charge in [-0.3, -0.25) is 9.59 Å². The second kappa shape index (κ2) is 8.88. The molecule has 7 heteroatoms. The van der Waals surface area contributed by atoms with Crippen LogP contribution in [0.1, 0.15) is 72.4 Å². The lowest BCUT2D eigenvalue weighted by Gasteiger charge is -2.35. The van der Waals surface area contributed by atoms with Crippen molar-refractivity contribution in [2.45, 2.75) is 65.0 Å². The maximum Gasteiger partial charge on any atom is 0.309 e. The largest absolute Gasteiger partial charge is 0.469 e. The molecule has 1 heterocycles. The second-order valence-corrected chi connectivity index (χ2v) is 8.08. The van der Waals surface area contributed by atoms with Gasteiger partial charge in [0.15, 0.2) is 0 Å². The van der Waals surface area contributed by atoms with E-state index in [4.69, 9.17) is 16.3 Å². The van der Waals surface area contributed by atoms with E-state index >= 15 is 4.39 Å². The van der Waals surface area contributed by atoms with E-state index in [0.29, 0.717) is 43.4 Å². The molecule has 0 amide bonds. The summed E-state index contributed by atoms with van der Waals surface area (Å²) in [5, 5.41) is 4.65. The highest BCUT2D eigenvalue weighted by Gasteiger charge is 2.42. The first-order chi connectivity index (χ1) is 14.4. The number of aryl methyl sites for hydroxylation is 1. The van der Waals surface area contributed by atoms with Gasteiger partial charge in [-0.1, -0.05) is 37.6 Å². The minimum Gasteiger partial charge on any atom is -0.469 e. The number of aromatic nitrogens is 2. The number of fused-ring (bicyclic) bond motifs is 1. The van der Waals surface area contributed by atoms with Crippen molar-refractivity contribution in [3.05, 3.63) is 51.3 Å². The average Bonchev–Trinajstić information content (AvgIpc) is 3.08. The Hall–Kier alpha value is -2.21. The molecule has 2 aliphatic rings. The Balaban J connectivity index is 0.00000124. The minimum atomic E-state index is -1.52. The van der Waals surface area contributed by atoms with Crippen LogP contribution in [0.3, 0.4) is 0 Å². The molecule has 0 spiro atoms. The van der Waals surface area contributed by atoms with Gasteiger partial charge in [-0.25, -0.2) is 9.07 Å². The van der Waals surface area contributed by atoms with E-state index in [1.807, 2.05) is 20.8 Å². The average molecular weight is 435 g/mol. The van der Waals surface area contributed by atoms with Crippen LogP contribution in [0.15, 0.2) is 18.2 Å². The molecule has 0 aliphatic heterocycles. The monoisotopic (exact) mass is 434 g/mol. The molecule has 0 radical (unpaired) electrons. The van der Waals surface area contributed by atoms with Gasteiger partial charge in [0.2, 0.25) is 0 Å². The maximum absolute atomic E-state index is 15.2. The van der Waals surface area contributed by atoms with Gasteiger partial charge in [-0.15, -0.1) is 0 Å². The lowest BCUT2D eigenvalue weighted by molar-refractivity contribution is -0.145. The lowest BCUT2D eigenvalue weighted by Crippen LogP contribution is -2.33. The van der Waals surface area contributed by atoms with E-state index in [-0.39, 0.29) is 22.5 Å². The van der Waals surface area contributed by atoms with Crippen LogP contribution in [0.25, 0.3) is 0 Å². The van der Waals surface area contributed by atoms with Gasteiger partial charge in [0.05, 0.1) is 35.0 Å². The van der Waals surface area contributed by atoms with Crippen LogP contribution in [0.2, 0.25) is 5.02 Å². The Morgan fingerprint density at radius 1 is 1.30 bits per heavy atom. The molecule has 162 valence electrons. The zero-order chi connectivity index (χ0) is 22.1. The molecule has 5 nitrogen and oxygen atoms in total. The number of hydrogen-bond acceptors (Lipinski definition) is 4. The fourth-order valence-corrected chi connectivity index (χ4v) is 4.56. The van der Waals surface area contributed by atoms with Gasteiger partial charge >= 0.3 is 5.97 Å². The number of ether oxygens (including phenoxy) is 1. The van der Waals surface area contributed by atoms with E-state index < -0.39 is 11.6 Å². The molecule has 1 unspecified atom stereocenters. The summed E-state index contributed by atoms with van der Waals surface area (Å²) in [6, 6.07) is 4.91. The molecular formula is C23H28ClFN2O3. The summed E-state index contributed by atoms with van der Waals surface area (Å²) in [5.74, 6) is -1.05. The van der Waals surface area contributed by atoms with Crippen molar-refractivity contribution >= 4 is 23.5 Å². The van der Waals surface area contributed by atoms with Crippen molar-refractivity contribution in [3.8, 4) is 0 Å². The number of benzene rings is 1. The van der Waals surface area contributed by atoms with E-state index in [1.165, 1.54) is 11.8 Å². The first-order valence-corrected chi connectivity index (χ1v) is 10.9. The molecule has 1 aromatic carbocycles. The molecule has 0 N–H and O–H groups in total. The third-order valence-electron chi connectivity index (χ3n) is 6.06. The molecule has 1 saturated carbocycles. The number of esters is 1. The summed E-state index contributed by atoms with van der Waals surface area (Å²) < 4.78 is 21.4. The molecule has 0 saturated heterocycles. The smallest absolute Gasteiger partial charge is 0.309 e. The van der Waals surface area contributed by atoms with Crippen LogP contribution in [0.5, 0.6) is 0 Å². The Bertz CT molecular complexity index is 966. The molecule has 4 rings (SSSR count). The topological polar surface area (TPSA) is 61.2 Å². The van der Waals surface area contributed by atoms with Crippen LogP contribution in [0, 0.1) is 12.8 Å². The highest BCUT2D eigenvalue weighted by Crippen LogP contribution is 2.47. The van der Waals surface area contributed by atoms with Crippen LogP contribution in [-0.2, 0) is 28.0 Å². The number of carbonyl (C=O) groups is 2. The predicted octanol–water partition coefficient (Wildman–Crippen LogP) is 5.19. The van der Waals surface area contributed by atoms with E-state index in [0.717, 1.165) is 17.7 Å². The highest BCUT2D eigenvalue weighted by molar-refractivity contribution is 6.34. The van der Waals surface area contributed by atoms with E-state index in [2.05, 4.69) is 5.10 Å². The standard InChI is InChI=1S/C21H22ClFN2O3.C2H6/c1-12-14-8-7-13(20(27)28-2)11-17(14)25(24-12)19(26)18-15(5-3-6-16(18)22)21(23)9-4-10-21;1-2/h3,5-6,13H,4,7-11H2,1-2H3;1-2H3. The summed E-state index contributed by atoms with van der Waals surface area (Å²) in [5.41, 5.74) is 1.39. The quantitative estimate of drug-likeness (QED) is 0.624. The Labute approximate surface area is 181 Å². The van der Waals surface area contributed by atoms with Crippen molar-refractivity contribution in [1.29, 1.82) is 0 Å². The molecule has 1 aromatic heterocycles. The van der Waals surface area contributed by atoms with Gasteiger partial charge in [0.1, 0.15) is 5.67 Å². The number of alkyl halides is 1. The summed E-state index contributed by atoms with van der Waals surface area (Å²) in [6.07, 6.45) is 3.23. The van der Waals surface area contributed by atoms with Crippen molar-refractivity contribution in [2.24, 2.45) is 5.92 Å². The molecular weight excluding hydrogens is 407 g/mol. The van der Waals surface area contributed by atoms with Crippen LogP contribution >= 0.6 is 11.6 Å². The van der Waals surface area contributed by atoms with E-state index in [1.54, 1.807) is 18.2 Å². The second-order valence-electron chi connectivity index (χ2n) is 7.67. The summed E-state index contributed by atoms with van der Waals surface area (Å²) in [7, 11) is 1.36. The number of rotatable bonds is 3. The number of hydrogen-bond donors (Lipinski definition) is 0. The Morgan fingerprint density at radius 2 is 2.00 bits per heavy atom. The zero-order valence-electron chi connectivity index (χ0n) is 17.9. The molecule has 2 aliphatic carbocycles. The van der Waals surface area contributed by atoms with Crippen molar-refractivity contribution in [3.63, 3.8) is 0 Å². The number of carbonyl (C=O) groups excluding carboxylic acids is 2. The van der Waals surface area contributed by atoms with Gasteiger partial charge in [0.25, 0.3) is 5.91 Å². The predicted molar refractivity (Wildman–Crippen MR) is 114 cm³/mol. The van der Waals surface area contributed by atoms with Crippen LogP contribution in [-0.4, -0.2) is 28.8 Å². The molecule has 0 bridgehead atoms. The Kier molecular flexibility index (Phi) is 6.65. The third-order valence-corrected chi connectivity index (χ3v) is 6.37. The minimum absolute atomic E-state index is 0.164. The maximum atomic E-state index is 15.2. The van der Waals surface area contributed by atoms with Gasteiger partial charge in [0, 0.05) is 12.0 Å². The normalized spacial score (nSPS) is 19.1. The number of nitrogens with zero attached hydrogens (tertiary/aromatic N) is 2. The first-order valence-electron chi connectivity index (χ1n) is 10.5. The van der Waals surface area contributed by atoms with Crippen LogP contribution in [0.4, 0.5) is 4.39 Å². The molecule has 30 heavy (non-hydrogen) atoms. The number of methoxy groups -OCH3 is 1.